The van der Waals surface area contributed by atoms with Crippen LogP contribution in [0.2, 0.25) is 10.0 Å². The lowest BCUT2D eigenvalue weighted by Crippen LogP contribution is -2.19. The molecule has 0 aliphatic carbocycles. The smallest absolute Gasteiger partial charge is 0.138 e. The zero-order valence-electron chi connectivity index (χ0n) is 11.1. The largest absolute Gasteiger partial charge is 0.495 e. The van der Waals surface area contributed by atoms with E-state index in [2.05, 4.69) is 5.32 Å². The summed E-state index contributed by atoms with van der Waals surface area (Å²) >= 11 is 12.4. The fourth-order valence-electron chi connectivity index (χ4n) is 2.11. The fourth-order valence-corrected chi connectivity index (χ4v) is 2.62. The maximum absolute atomic E-state index is 13.9. The molecule has 0 radical (unpaired) electrons. The zero-order valence-corrected chi connectivity index (χ0v) is 12.6. The first-order valence-corrected chi connectivity index (χ1v) is 6.78. The van der Waals surface area contributed by atoms with Gasteiger partial charge in [0.05, 0.1) is 18.2 Å². The Balaban J connectivity index is 2.53. The monoisotopic (exact) mass is 313 g/mol. The molecule has 0 aliphatic heterocycles. The van der Waals surface area contributed by atoms with Gasteiger partial charge >= 0.3 is 0 Å². The van der Waals surface area contributed by atoms with Crippen LogP contribution in [0.25, 0.3) is 0 Å². The number of nitrogens with one attached hydrogen (secondary N) is 1. The fraction of sp³-hybridized carbons (Fsp3) is 0.200. The lowest BCUT2D eigenvalue weighted by molar-refractivity contribution is 0.414. The molecule has 0 amide bonds. The molecule has 5 heteroatoms. The lowest BCUT2D eigenvalue weighted by atomic mass is 9.98. The predicted molar refractivity (Wildman–Crippen MR) is 80.3 cm³/mol. The van der Waals surface area contributed by atoms with E-state index in [1.807, 2.05) is 0 Å². The molecule has 1 N–H and O–H groups in total. The van der Waals surface area contributed by atoms with E-state index in [0.29, 0.717) is 26.9 Å². The van der Waals surface area contributed by atoms with Crippen molar-refractivity contribution in [1.82, 2.24) is 5.32 Å². The van der Waals surface area contributed by atoms with Crippen LogP contribution in [0.4, 0.5) is 4.39 Å². The lowest BCUT2D eigenvalue weighted by Gasteiger charge is -2.20. The van der Waals surface area contributed by atoms with Gasteiger partial charge in [0, 0.05) is 16.7 Å². The molecule has 1 atom stereocenters. The van der Waals surface area contributed by atoms with Crippen molar-refractivity contribution in [1.29, 1.82) is 0 Å². The second-order valence-electron chi connectivity index (χ2n) is 4.25. The molecular weight excluding hydrogens is 300 g/mol. The number of halogens is 3. The second kappa shape index (κ2) is 6.44. The third kappa shape index (κ3) is 2.90. The highest BCUT2D eigenvalue weighted by molar-refractivity contribution is 6.34. The van der Waals surface area contributed by atoms with E-state index >= 15 is 0 Å². The number of ether oxygens (including phenoxy) is 1. The van der Waals surface area contributed by atoms with Crippen molar-refractivity contribution in [3.8, 4) is 5.75 Å². The predicted octanol–water partition coefficient (Wildman–Crippen LogP) is 4.45. The summed E-state index contributed by atoms with van der Waals surface area (Å²) in [6, 6.07) is 9.49. The molecule has 0 fully saturated rings. The number of methoxy groups -OCH3 is 1. The first-order valence-electron chi connectivity index (χ1n) is 6.03. The van der Waals surface area contributed by atoms with Crippen LogP contribution < -0.4 is 10.1 Å². The van der Waals surface area contributed by atoms with Crippen molar-refractivity contribution >= 4 is 23.2 Å². The normalized spacial score (nSPS) is 12.2. The van der Waals surface area contributed by atoms with Gasteiger partial charge in [0.1, 0.15) is 11.6 Å². The summed E-state index contributed by atoms with van der Waals surface area (Å²) in [4.78, 5) is 0. The second-order valence-corrected chi connectivity index (χ2v) is 5.07. The topological polar surface area (TPSA) is 21.3 Å². The van der Waals surface area contributed by atoms with Crippen LogP contribution >= 0.6 is 23.2 Å². The molecule has 20 heavy (non-hydrogen) atoms. The molecule has 0 spiro atoms. The van der Waals surface area contributed by atoms with Crippen molar-refractivity contribution < 1.29 is 9.13 Å². The Morgan fingerprint density at radius 2 is 1.80 bits per heavy atom. The number of benzene rings is 2. The Bertz CT molecular complexity index is 619. The van der Waals surface area contributed by atoms with Gasteiger partial charge < -0.3 is 10.1 Å². The highest BCUT2D eigenvalue weighted by atomic mass is 35.5. The van der Waals surface area contributed by atoms with E-state index in [9.17, 15) is 4.39 Å². The molecule has 106 valence electrons. The van der Waals surface area contributed by atoms with Gasteiger partial charge in [0.25, 0.3) is 0 Å². The van der Waals surface area contributed by atoms with Crippen LogP contribution in [-0.2, 0) is 0 Å². The summed E-state index contributed by atoms with van der Waals surface area (Å²) in [6.45, 7) is 0. The van der Waals surface area contributed by atoms with Crippen LogP contribution in [-0.4, -0.2) is 14.2 Å². The van der Waals surface area contributed by atoms with Crippen molar-refractivity contribution in [2.75, 3.05) is 14.2 Å². The van der Waals surface area contributed by atoms with Gasteiger partial charge in [0.15, 0.2) is 0 Å². The molecule has 0 aliphatic rings. The van der Waals surface area contributed by atoms with Crippen LogP contribution in [0.1, 0.15) is 17.2 Å². The van der Waals surface area contributed by atoms with Gasteiger partial charge in [-0.1, -0.05) is 41.4 Å². The first-order chi connectivity index (χ1) is 9.58. The van der Waals surface area contributed by atoms with E-state index < -0.39 is 0 Å². The molecule has 0 bridgehead atoms. The SMILES string of the molecule is CNC(c1ccccc1F)c1cc(Cl)c(OC)cc1Cl. The number of hydrogen-bond acceptors (Lipinski definition) is 2. The maximum atomic E-state index is 13.9. The molecule has 2 rings (SSSR count). The standard InChI is InChI=1S/C15H14Cl2FNO/c1-19-15(9-5-3-4-6-13(9)18)10-7-12(17)14(20-2)8-11(10)16/h3-8,15,19H,1-2H3. The third-order valence-corrected chi connectivity index (χ3v) is 3.71. The minimum atomic E-state index is -0.382. The Morgan fingerprint density at radius 3 is 2.40 bits per heavy atom. The Kier molecular flexibility index (Phi) is 4.86. The van der Waals surface area contributed by atoms with Crippen molar-refractivity contribution in [3.63, 3.8) is 0 Å². The number of hydrogen-bond donors (Lipinski definition) is 1. The van der Waals surface area contributed by atoms with Crippen LogP contribution in [0.3, 0.4) is 0 Å². The van der Waals surface area contributed by atoms with Crippen LogP contribution in [0.5, 0.6) is 5.75 Å². The van der Waals surface area contributed by atoms with Gasteiger partial charge in [-0.15, -0.1) is 0 Å². The molecule has 2 nitrogen and oxygen atoms in total. The summed E-state index contributed by atoms with van der Waals surface area (Å²) in [5.41, 5.74) is 1.21. The quantitative estimate of drug-likeness (QED) is 0.900. The van der Waals surface area contributed by atoms with Gasteiger partial charge in [-0.3, -0.25) is 0 Å². The summed E-state index contributed by atoms with van der Waals surface area (Å²) < 4.78 is 19.1. The van der Waals surface area contributed by atoms with E-state index in [-0.39, 0.29) is 11.9 Å². The minimum Gasteiger partial charge on any atom is -0.495 e. The minimum absolute atomic E-state index is 0.296. The molecule has 2 aromatic rings. The average molecular weight is 314 g/mol. The molecule has 0 heterocycles. The van der Waals surface area contributed by atoms with Crippen LogP contribution in [0.15, 0.2) is 36.4 Å². The summed E-state index contributed by atoms with van der Waals surface area (Å²) in [7, 11) is 3.26. The van der Waals surface area contributed by atoms with Gasteiger partial charge in [-0.05, 0) is 24.7 Å². The Labute approximate surface area is 127 Å². The average Bonchev–Trinajstić information content (AvgIpc) is 2.45. The van der Waals surface area contributed by atoms with Crippen molar-refractivity contribution in [2.24, 2.45) is 0 Å². The number of rotatable bonds is 4. The molecule has 0 aromatic heterocycles. The van der Waals surface area contributed by atoms with Gasteiger partial charge in [-0.2, -0.15) is 0 Å². The van der Waals surface area contributed by atoms with Gasteiger partial charge in [0.2, 0.25) is 0 Å². The van der Waals surface area contributed by atoms with E-state index in [1.54, 1.807) is 37.4 Å². The molecule has 2 aromatic carbocycles. The highest BCUT2D eigenvalue weighted by Gasteiger charge is 2.20. The molecular formula is C15H14Cl2FNO. The van der Waals surface area contributed by atoms with Crippen LogP contribution in [0, 0.1) is 5.82 Å². The summed E-state index contributed by atoms with van der Waals surface area (Å²) in [5, 5.41) is 3.96. The highest BCUT2D eigenvalue weighted by Crippen LogP contribution is 2.36. The zero-order chi connectivity index (χ0) is 14.7. The van der Waals surface area contributed by atoms with Crippen molar-refractivity contribution in [2.45, 2.75) is 6.04 Å². The van der Waals surface area contributed by atoms with Gasteiger partial charge in [-0.25, -0.2) is 4.39 Å². The van der Waals surface area contributed by atoms with E-state index in [1.165, 1.54) is 13.2 Å². The maximum Gasteiger partial charge on any atom is 0.138 e. The molecule has 1 unspecified atom stereocenters. The molecule has 0 saturated carbocycles. The Morgan fingerprint density at radius 1 is 1.10 bits per heavy atom. The Hall–Kier alpha value is -1.29. The first kappa shape index (κ1) is 15.1. The van der Waals surface area contributed by atoms with E-state index in [0.717, 1.165) is 0 Å². The third-order valence-electron chi connectivity index (χ3n) is 3.09. The summed E-state index contributed by atoms with van der Waals surface area (Å²) in [6.07, 6.45) is 0. The molecule has 0 saturated heterocycles. The van der Waals surface area contributed by atoms with E-state index in [4.69, 9.17) is 27.9 Å². The summed E-state index contributed by atoms with van der Waals surface area (Å²) in [5.74, 6) is 0.193. The van der Waals surface area contributed by atoms with Crippen molar-refractivity contribution in [3.05, 3.63) is 63.4 Å².